The monoisotopic (exact) mass is 476 g/mol. The molecule has 0 bridgehead atoms. The highest BCUT2D eigenvalue weighted by atomic mass is 32.2. The molecular formula is C28H36N4OS. The number of likely N-dealkylation sites (tertiary alicyclic amines) is 1. The first-order valence-corrected chi connectivity index (χ1v) is 13.2. The number of nitrogens with one attached hydrogen (secondary N) is 1. The second-order valence-corrected chi connectivity index (χ2v) is 11.3. The number of aliphatic imine (C=N–C) groups is 2. The topological polar surface area (TPSA) is 57.1 Å². The van der Waals surface area contributed by atoms with Gasteiger partial charge in [-0.15, -0.1) is 0 Å². The summed E-state index contributed by atoms with van der Waals surface area (Å²) in [5.41, 5.74) is 5.00. The van der Waals surface area contributed by atoms with Crippen molar-refractivity contribution in [3.8, 4) is 0 Å². The van der Waals surface area contributed by atoms with Crippen LogP contribution in [0.2, 0.25) is 0 Å². The standard InChI is InChI=1S/C28H36N4OS/c1-6-32-17-15-28(16-18-32)30-25(21-9-11-22(12-10-21)27(3,4)5)26(31-28)34-19-24(33)29-23-13-7-20(2)8-14-23/h7-14H,6,15-19H2,1-5H3,(H,29,33). The quantitative estimate of drug-likeness (QED) is 0.604. The fourth-order valence-electron chi connectivity index (χ4n) is 4.36. The molecule has 0 saturated carbocycles. The Hall–Kier alpha value is -2.44. The normalized spacial score (nSPS) is 18.0. The summed E-state index contributed by atoms with van der Waals surface area (Å²) in [5, 5.41) is 3.88. The molecule has 2 aliphatic heterocycles. The van der Waals surface area contributed by atoms with Crippen LogP contribution in [0.15, 0.2) is 58.5 Å². The molecule has 1 fully saturated rings. The summed E-state index contributed by atoms with van der Waals surface area (Å²) >= 11 is 1.49. The van der Waals surface area contributed by atoms with E-state index in [0.717, 1.165) is 54.5 Å². The van der Waals surface area contributed by atoms with Gasteiger partial charge in [0.25, 0.3) is 0 Å². The molecule has 1 amide bonds. The molecule has 1 saturated heterocycles. The molecule has 2 heterocycles. The lowest BCUT2D eigenvalue weighted by Gasteiger charge is -2.34. The minimum Gasteiger partial charge on any atom is -0.325 e. The fourth-order valence-corrected chi connectivity index (χ4v) is 5.23. The van der Waals surface area contributed by atoms with Crippen LogP contribution in [-0.2, 0) is 10.2 Å². The summed E-state index contributed by atoms with van der Waals surface area (Å²) < 4.78 is 0. The zero-order valence-electron chi connectivity index (χ0n) is 21.0. The van der Waals surface area contributed by atoms with Gasteiger partial charge in [0.15, 0.2) is 5.66 Å². The number of carbonyl (C=O) groups excluding carboxylic acids is 1. The number of rotatable bonds is 5. The average molecular weight is 477 g/mol. The van der Waals surface area contributed by atoms with E-state index in [-0.39, 0.29) is 17.0 Å². The molecule has 1 N–H and O–H groups in total. The Balaban J connectivity index is 1.52. The van der Waals surface area contributed by atoms with Crippen LogP contribution >= 0.6 is 11.8 Å². The maximum absolute atomic E-state index is 12.7. The average Bonchev–Trinajstić information content (AvgIpc) is 3.17. The smallest absolute Gasteiger partial charge is 0.234 e. The van der Waals surface area contributed by atoms with E-state index in [9.17, 15) is 4.79 Å². The summed E-state index contributed by atoms with van der Waals surface area (Å²) in [4.78, 5) is 25.5. The molecule has 6 heteroatoms. The Labute approximate surface area is 208 Å². The Morgan fingerprint density at radius 1 is 1.03 bits per heavy atom. The van der Waals surface area contributed by atoms with Crippen molar-refractivity contribution in [2.24, 2.45) is 9.98 Å². The van der Waals surface area contributed by atoms with Crippen LogP contribution in [0.3, 0.4) is 0 Å². The number of nitrogens with zero attached hydrogens (tertiary/aromatic N) is 3. The first-order chi connectivity index (χ1) is 16.2. The van der Waals surface area contributed by atoms with Crippen molar-refractivity contribution in [1.29, 1.82) is 0 Å². The lowest BCUT2D eigenvalue weighted by Crippen LogP contribution is -2.41. The van der Waals surface area contributed by atoms with Crippen molar-refractivity contribution < 1.29 is 4.79 Å². The van der Waals surface area contributed by atoms with E-state index in [1.165, 1.54) is 22.9 Å². The number of aryl methyl sites for hydroxylation is 1. The number of benzene rings is 2. The van der Waals surface area contributed by atoms with Gasteiger partial charge in [-0.05, 0) is 36.6 Å². The highest BCUT2D eigenvalue weighted by molar-refractivity contribution is 8.16. The molecule has 2 aromatic carbocycles. The Morgan fingerprint density at radius 3 is 2.26 bits per heavy atom. The van der Waals surface area contributed by atoms with Gasteiger partial charge in [-0.2, -0.15) is 0 Å². The Kier molecular flexibility index (Phi) is 7.29. The molecular weight excluding hydrogens is 440 g/mol. The molecule has 1 spiro atoms. The maximum atomic E-state index is 12.7. The maximum Gasteiger partial charge on any atom is 0.234 e. The second kappa shape index (κ2) is 10.0. The number of amides is 1. The van der Waals surface area contributed by atoms with E-state index in [1.807, 2.05) is 31.2 Å². The number of piperidine rings is 1. The van der Waals surface area contributed by atoms with Gasteiger partial charge in [0, 0.05) is 37.2 Å². The summed E-state index contributed by atoms with van der Waals surface area (Å²) in [6.07, 6.45) is 1.84. The molecule has 5 nitrogen and oxygen atoms in total. The van der Waals surface area contributed by atoms with E-state index in [0.29, 0.717) is 5.75 Å². The van der Waals surface area contributed by atoms with E-state index in [4.69, 9.17) is 9.98 Å². The van der Waals surface area contributed by atoms with Crippen molar-refractivity contribution in [2.75, 3.05) is 30.7 Å². The SMILES string of the molecule is CCN1CCC2(CC1)N=C(SCC(=O)Nc1ccc(C)cc1)C(c1ccc(C(C)(C)C)cc1)=N2. The molecule has 34 heavy (non-hydrogen) atoms. The number of anilines is 1. The highest BCUT2D eigenvalue weighted by Gasteiger charge is 2.39. The molecule has 0 radical (unpaired) electrons. The molecule has 4 rings (SSSR count). The van der Waals surface area contributed by atoms with E-state index >= 15 is 0 Å². The van der Waals surface area contributed by atoms with Gasteiger partial charge in [0.05, 0.1) is 11.5 Å². The summed E-state index contributed by atoms with van der Waals surface area (Å²) in [6.45, 7) is 14.0. The Morgan fingerprint density at radius 2 is 1.68 bits per heavy atom. The van der Waals surface area contributed by atoms with E-state index < -0.39 is 0 Å². The second-order valence-electron chi connectivity index (χ2n) is 10.3. The van der Waals surface area contributed by atoms with Gasteiger partial charge in [-0.1, -0.05) is 81.4 Å². The van der Waals surface area contributed by atoms with Crippen LogP contribution in [0, 0.1) is 6.92 Å². The van der Waals surface area contributed by atoms with Crippen molar-refractivity contribution >= 4 is 34.1 Å². The van der Waals surface area contributed by atoms with Gasteiger partial charge >= 0.3 is 0 Å². The molecule has 0 unspecified atom stereocenters. The largest absolute Gasteiger partial charge is 0.325 e. The van der Waals surface area contributed by atoms with E-state index in [2.05, 4.69) is 62.2 Å². The number of hydrogen-bond acceptors (Lipinski definition) is 5. The van der Waals surface area contributed by atoms with E-state index in [1.54, 1.807) is 0 Å². The van der Waals surface area contributed by atoms with Crippen molar-refractivity contribution in [1.82, 2.24) is 4.90 Å². The molecule has 0 aromatic heterocycles. The first-order valence-electron chi connectivity index (χ1n) is 12.2. The third-order valence-electron chi connectivity index (χ3n) is 6.64. The Bertz CT molecular complexity index is 1070. The third-order valence-corrected chi connectivity index (χ3v) is 7.60. The zero-order valence-corrected chi connectivity index (χ0v) is 21.8. The first kappa shape index (κ1) is 24.7. The third kappa shape index (κ3) is 5.78. The molecule has 0 aliphatic carbocycles. The van der Waals surface area contributed by atoms with Crippen LogP contribution in [0.5, 0.6) is 0 Å². The number of thioether (sulfide) groups is 1. The number of hydrogen-bond donors (Lipinski definition) is 1. The summed E-state index contributed by atoms with van der Waals surface area (Å²) in [5.74, 6) is 0.281. The van der Waals surface area contributed by atoms with Gasteiger partial charge in [-0.3, -0.25) is 9.79 Å². The van der Waals surface area contributed by atoms with Crippen molar-refractivity contribution in [2.45, 2.75) is 58.5 Å². The molecule has 180 valence electrons. The van der Waals surface area contributed by atoms with Crippen LogP contribution < -0.4 is 5.32 Å². The number of carbonyl (C=O) groups is 1. The molecule has 2 aromatic rings. The highest BCUT2D eigenvalue weighted by Crippen LogP contribution is 2.36. The minimum atomic E-state index is -0.389. The molecule has 2 aliphatic rings. The van der Waals surface area contributed by atoms with Crippen molar-refractivity contribution in [3.63, 3.8) is 0 Å². The zero-order chi connectivity index (χ0) is 24.3. The minimum absolute atomic E-state index is 0.0271. The lowest BCUT2D eigenvalue weighted by atomic mass is 9.86. The van der Waals surface area contributed by atoms with Crippen LogP contribution in [0.4, 0.5) is 5.69 Å². The van der Waals surface area contributed by atoms with Gasteiger partial charge in [0.2, 0.25) is 5.91 Å². The predicted molar refractivity (Wildman–Crippen MR) is 145 cm³/mol. The summed E-state index contributed by atoms with van der Waals surface area (Å²) in [6, 6.07) is 16.6. The van der Waals surface area contributed by atoms with Gasteiger partial charge in [0.1, 0.15) is 5.04 Å². The predicted octanol–water partition coefficient (Wildman–Crippen LogP) is 5.68. The molecule has 0 atom stereocenters. The fraction of sp³-hybridized carbons (Fsp3) is 0.464. The van der Waals surface area contributed by atoms with Gasteiger partial charge in [-0.25, -0.2) is 4.99 Å². The summed E-state index contributed by atoms with van der Waals surface area (Å²) in [7, 11) is 0. The van der Waals surface area contributed by atoms with Gasteiger partial charge < -0.3 is 10.2 Å². The van der Waals surface area contributed by atoms with Crippen LogP contribution in [-0.4, -0.2) is 52.6 Å². The van der Waals surface area contributed by atoms with Crippen molar-refractivity contribution in [3.05, 3.63) is 65.2 Å². The van der Waals surface area contributed by atoms with Crippen LogP contribution in [0.1, 0.15) is 57.2 Å². The van der Waals surface area contributed by atoms with Crippen LogP contribution in [0.25, 0.3) is 0 Å². The lowest BCUT2D eigenvalue weighted by molar-refractivity contribution is -0.113.